The largest absolute Gasteiger partial charge is 0.573 e. The van der Waals surface area contributed by atoms with Crippen molar-refractivity contribution in [3.63, 3.8) is 0 Å². The number of ether oxygens (including phenoxy) is 1. The van der Waals surface area contributed by atoms with Crippen molar-refractivity contribution in [2.45, 2.75) is 26.3 Å². The molecule has 1 aromatic rings. The molecule has 0 aliphatic rings. The molecule has 0 aromatic heterocycles. The summed E-state index contributed by atoms with van der Waals surface area (Å²) >= 11 is 0. The van der Waals surface area contributed by atoms with Crippen molar-refractivity contribution < 1.29 is 17.9 Å². The Kier molecular flexibility index (Phi) is 5.22. The average molecular weight is 259 g/mol. The highest BCUT2D eigenvalue weighted by Crippen LogP contribution is 2.24. The van der Waals surface area contributed by atoms with Crippen LogP contribution in [-0.4, -0.2) is 12.9 Å². The molecule has 0 fully saturated rings. The van der Waals surface area contributed by atoms with Crippen LogP contribution in [-0.2, 0) is 6.54 Å². The zero-order chi connectivity index (χ0) is 13.6. The van der Waals surface area contributed by atoms with Crippen molar-refractivity contribution in [1.82, 2.24) is 5.32 Å². The van der Waals surface area contributed by atoms with Gasteiger partial charge in [0.05, 0.1) is 0 Å². The molecular formula is C13H16F3NO. The third-order valence-electron chi connectivity index (χ3n) is 2.39. The van der Waals surface area contributed by atoms with E-state index in [-0.39, 0.29) is 5.75 Å². The Morgan fingerprint density at radius 1 is 1.39 bits per heavy atom. The number of alkyl halides is 3. The second-order valence-corrected chi connectivity index (χ2v) is 3.89. The quantitative estimate of drug-likeness (QED) is 0.623. The molecule has 1 N–H and O–H groups in total. The van der Waals surface area contributed by atoms with Crippen LogP contribution in [0, 0.1) is 6.92 Å². The Bertz CT molecular complexity index is 402. The second-order valence-electron chi connectivity index (χ2n) is 3.89. The fraction of sp³-hybridized carbons (Fsp3) is 0.385. The Morgan fingerprint density at radius 2 is 2.11 bits per heavy atom. The summed E-state index contributed by atoms with van der Waals surface area (Å²) < 4.78 is 39.9. The molecule has 0 amide bonds. The predicted molar refractivity (Wildman–Crippen MR) is 64.4 cm³/mol. The Labute approximate surface area is 104 Å². The molecule has 0 atom stereocenters. The van der Waals surface area contributed by atoms with Crippen LogP contribution >= 0.6 is 0 Å². The van der Waals surface area contributed by atoms with E-state index < -0.39 is 6.36 Å². The van der Waals surface area contributed by atoms with Gasteiger partial charge in [-0.15, -0.1) is 19.8 Å². The van der Waals surface area contributed by atoms with Gasteiger partial charge in [0.1, 0.15) is 5.75 Å². The molecule has 1 rings (SSSR count). The smallest absolute Gasteiger partial charge is 0.406 e. The molecule has 0 spiro atoms. The van der Waals surface area contributed by atoms with Gasteiger partial charge in [0.25, 0.3) is 0 Å². The molecule has 100 valence electrons. The number of hydrogen-bond donors (Lipinski definition) is 1. The lowest BCUT2D eigenvalue weighted by molar-refractivity contribution is -0.274. The molecule has 0 aliphatic carbocycles. The SMILES string of the molecule is C=CCCNCc1ccc(OC(F)(F)F)cc1C. The van der Waals surface area contributed by atoms with E-state index in [1.54, 1.807) is 19.1 Å². The number of nitrogens with one attached hydrogen (secondary N) is 1. The Morgan fingerprint density at radius 3 is 2.67 bits per heavy atom. The maximum atomic E-state index is 12.0. The van der Waals surface area contributed by atoms with Gasteiger partial charge in [-0.1, -0.05) is 12.1 Å². The van der Waals surface area contributed by atoms with Gasteiger partial charge in [0, 0.05) is 6.54 Å². The van der Waals surface area contributed by atoms with Crippen molar-refractivity contribution in [2.24, 2.45) is 0 Å². The van der Waals surface area contributed by atoms with Gasteiger partial charge in [-0.3, -0.25) is 0 Å². The zero-order valence-corrected chi connectivity index (χ0v) is 10.2. The highest BCUT2D eigenvalue weighted by Gasteiger charge is 2.31. The predicted octanol–water partition coefficient (Wildman–Crippen LogP) is 3.56. The van der Waals surface area contributed by atoms with Gasteiger partial charge in [-0.2, -0.15) is 0 Å². The molecule has 0 radical (unpaired) electrons. The normalized spacial score (nSPS) is 11.3. The fourth-order valence-corrected chi connectivity index (χ4v) is 1.49. The number of rotatable bonds is 6. The summed E-state index contributed by atoms with van der Waals surface area (Å²) in [5.74, 6) is -0.185. The molecule has 18 heavy (non-hydrogen) atoms. The topological polar surface area (TPSA) is 21.3 Å². The van der Waals surface area contributed by atoms with E-state index in [9.17, 15) is 13.2 Å². The van der Waals surface area contributed by atoms with Gasteiger partial charge in [-0.05, 0) is 43.1 Å². The van der Waals surface area contributed by atoms with Crippen LogP contribution in [0.3, 0.4) is 0 Å². The molecule has 0 saturated heterocycles. The van der Waals surface area contributed by atoms with Gasteiger partial charge in [-0.25, -0.2) is 0 Å². The van der Waals surface area contributed by atoms with Crippen LogP contribution in [0.2, 0.25) is 0 Å². The van der Waals surface area contributed by atoms with E-state index in [1.807, 2.05) is 0 Å². The number of hydrogen-bond acceptors (Lipinski definition) is 2. The average Bonchev–Trinajstić information content (AvgIpc) is 2.24. The van der Waals surface area contributed by atoms with Gasteiger partial charge >= 0.3 is 6.36 Å². The molecule has 0 saturated carbocycles. The van der Waals surface area contributed by atoms with E-state index in [1.165, 1.54) is 12.1 Å². The standard InChI is InChI=1S/C13H16F3NO/c1-3-4-7-17-9-11-5-6-12(8-10(11)2)18-13(14,15)16/h3,5-6,8,17H,1,4,7,9H2,2H3. The summed E-state index contributed by atoms with van der Waals surface area (Å²) in [5.41, 5.74) is 1.72. The van der Waals surface area contributed by atoms with E-state index >= 15 is 0 Å². The first-order chi connectivity index (χ1) is 8.42. The summed E-state index contributed by atoms with van der Waals surface area (Å²) in [6.07, 6.45) is -1.98. The summed E-state index contributed by atoms with van der Waals surface area (Å²) in [5, 5.41) is 3.18. The summed E-state index contributed by atoms with van der Waals surface area (Å²) in [6, 6.07) is 4.35. The van der Waals surface area contributed by atoms with Gasteiger partial charge in [0.2, 0.25) is 0 Å². The lowest BCUT2D eigenvalue weighted by Gasteiger charge is -2.12. The molecule has 0 bridgehead atoms. The van der Waals surface area contributed by atoms with Crippen LogP contribution in [0.25, 0.3) is 0 Å². The minimum atomic E-state index is -4.64. The van der Waals surface area contributed by atoms with Crippen LogP contribution in [0.4, 0.5) is 13.2 Å². The summed E-state index contributed by atoms with van der Waals surface area (Å²) in [6.45, 7) is 6.78. The highest BCUT2D eigenvalue weighted by atomic mass is 19.4. The van der Waals surface area contributed by atoms with E-state index in [4.69, 9.17) is 0 Å². The minimum absolute atomic E-state index is 0.185. The van der Waals surface area contributed by atoms with Crippen molar-refractivity contribution in [3.05, 3.63) is 42.0 Å². The molecule has 0 aliphatic heterocycles. The first-order valence-corrected chi connectivity index (χ1v) is 5.59. The van der Waals surface area contributed by atoms with E-state index in [2.05, 4.69) is 16.6 Å². The molecule has 2 nitrogen and oxygen atoms in total. The Balaban J connectivity index is 2.59. The molecule has 0 unspecified atom stereocenters. The van der Waals surface area contributed by atoms with Crippen LogP contribution in [0.15, 0.2) is 30.9 Å². The van der Waals surface area contributed by atoms with Crippen molar-refractivity contribution in [3.8, 4) is 5.75 Å². The molecule has 5 heteroatoms. The third kappa shape index (κ3) is 5.23. The zero-order valence-electron chi connectivity index (χ0n) is 10.2. The summed E-state index contributed by atoms with van der Waals surface area (Å²) in [4.78, 5) is 0. The fourth-order valence-electron chi connectivity index (χ4n) is 1.49. The number of aryl methyl sites for hydroxylation is 1. The van der Waals surface area contributed by atoms with Crippen LogP contribution in [0.1, 0.15) is 17.5 Å². The van der Waals surface area contributed by atoms with E-state index in [0.29, 0.717) is 6.54 Å². The van der Waals surface area contributed by atoms with Gasteiger partial charge < -0.3 is 10.1 Å². The van der Waals surface area contributed by atoms with Crippen LogP contribution in [0.5, 0.6) is 5.75 Å². The third-order valence-corrected chi connectivity index (χ3v) is 2.39. The maximum Gasteiger partial charge on any atom is 0.573 e. The van der Waals surface area contributed by atoms with Crippen molar-refractivity contribution in [2.75, 3.05) is 6.54 Å². The lowest BCUT2D eigenvalue weighted by Crippen LogP contribution is -2.18. The highest BCUT2D eigenvalue weighted by molar-refractivity contribution is 5.34. The number of halogens is 3. The lowest BCUT2D eigenvalue weighted by atomic mass is 10.1. The van der Waals surface area contributed by atoms with Crippen LogP contribution < -0.4 is 10.1 Å². The molecule has 1 aromatic carbocycles. The first kappa shape index (κ1) is 14.6. The first-order valence-electron chi connectivity index (χ1n) is 5.59. The second kappa shape index (κ2) is 6.44. The maximum absolute atomic E-state index is 12.0. The van der Waals surface area contributed by atoms with Gasteiger partial charge in [0.15, 0.2) is 0 Å². The molecule has 0 heterocycles. The Hall–Kier alpha value is -1.49. The van der Waals surface area contributed by atoms with Crippen molar-refractivity contribution in [1.29, 1.82) is 0 Å². The monoisotopic (exact) mass is 259 g/mol. The van der Waals surface area contributed by atoms with E-state index in [0.717, 1.165) is 24.1 Å². The number of benzene rings is 1. The summed E-state index contributed by atoms with van der Waals surface area (Å²) in [7, 11) is 0. The minimum Gasteiger partial charge on any atom is -0.406 e. The molecular weight excluding hydrogens is 243 g/mol. The van der Waals surface area contributed by atoms with Crippen molar-refractivity contribution >= 4 is 0 Å².